The Bertz CT molecular complexity index is 627. The van der Waals surface area contributed by atoms with E-state index in [9.17, 15) is 4.79 Å². The van der Waals surface area contributed by atoms with Gasteiger partial charge in [-0.15, -0.1) is 0 Å². The second kappa shape index (κ2) is 5.45. The van der Waals surface area contributed by atoms with Gasteiger partial charge < -0.3 is 9.84 Å². The average Bonchev–Trinajstić information content (AvgIpc) is 2.36. The smallest absolute Gasteiger partial charge is 0.303 e. The van der Waals surface area contributed by atoms with Crippen LogP contribution in [0.5, 0.6) is 5.75 Å². The number of hydrogen-bond acceptors (Lipinski definition) is 3. The highest BCUT2D eigenvalue weighted by atomic mass is 35.5. The van der Waals surface area contributed by atoms with Crippen molar-refractivity contribution in [3.63, 3.8) is 0 Å². The molecular formula is C14H14ClNO3. The minimum atomic E-state index is -0.849. The minimum Gasteiger partial charge on any atom is -0.497 e. The van der Waals surface area contributed by atoms with E-state index in [1.807, 2.05) is 25.1 Å². The van der Waals surface area contributed by atoms with Gasteiger partial charge in [0.15, 0.2) is 0 Å². The molecule has 4 nitrogen and oxygen atoms in total. The number of hydrogen-bond donors (Lipinski definition) is 1. The number of fused-ring (bicyclic) bond motifs is 1. The highest BCUT2D eigenvalue weighted by molar-refractivity contribution is 6.30. The standard InChI is InChI=1S/C14H14ClNO3/c1-8(5-13(17)18)11-6-9-3-4-10(19-2)7-12(9)16-14(11)15/h3-4,6-8H,5H2,1-2H3,(H,17,18). The lowest BCUT2D eigenvalue weighted by Crippen LogP contribution is -2.04. The molecule has 1 atom stereocenters. The molecule has 0 radical (unpaired) electrons. The van der Waals surface area contributed by atoms with E-state index in [0.717, 1.165) is 16.5 Å². The summed E-state index contributed by atoms with van der Waals surface area (Å²) in [5.74, 6) is -0.315. The van der Waals surface area contributed by atoms with Crippen molar-refractivity contribution in [2.75, 3.05) is 7.11 Å². The minimum absolute atomic E-state index is 0.0308. The first-order valence-corrected chi connectivity index (χ1v) is 6.25. The highest BCUT2D eigenvalue weighted by Gasteiger charge is 2.15. The van der Waals surface area contributed by atoms with Crippen LogP contribution >= 0.6 is 11.6 Å². The number of aliphatic carboxylic acids is 1. The summed E-state index contributed by atoms with van der Waals surface area (Å²) in [4.78, 5) is 15.1. The van der Waals surface area contributed by atoms with Gasteiger partial charge in [-0.05, 0) is 29.7 Å². The van der Waals surface area contributed by atoms with Gasteiger partial charge in [-0.3, -0.25) is 4.79 Å². The number of rotatable bonds is 4. The molecule has 1 heterocycles. The molecule has 0 spiro atoms. The third-order valence-electron chi connectivity index (χ3n) is 3.02. The van der Waals surface area contributed by atoms with E-state index >= 15 is 0 Å². The van der Waals surface area contributed by atoms with Crippen LogP contribution in [0, 0.1) is 0 Å². The molecule has 100 valence electrons. The number of aromatic nitrogens is 1. The number of methoxy groups -OCH3 is 1. The summed E-state index contributed by atoms with van der Waals surface area (Å²) in [6.07, 6.45) is 0.0308. The fourth-order valence-corrected chi connectivity index (χ4v) is 2.32. The van der Waals surface area contributed by atoms with Crippen LogP contribution in [0.3, 0.4) is 0 Å². The number of carboxylic acid groups (broad SMARTS) is 1. The summed E-state index contributed by atoms with van der Waals surface area (Å²) < 4.78 is 5.13. The van der Waals surface area contributed by atoms with Crippen LogP contribution in [0.4, 0.5) is 0 Å². The molecule has 1 unspecified atom stereocenters. The Hall–Kier alpha value is -1.81. The maximum atomic E-state index is 10.8. The number of pyridine rings is 1. The maximum absolute atomic E-state index is 10.8. The van der Waals surface area contributed by atoms with Gasteiger partial charge >= 0.3 is 5.97 Å². The third-order valence-corrected chi connectivity index (χ3v) is 3.32. The summed E-state index contributed by atoms with van der Waals surface area (Å²) in [5.41, 5.74) is 1.48. The van der Waals surface area contributed by atoms with E-state index in [1.165, 1.54) is 0 Å². The average molecular weight is 280 g/mol. The Kier molecular flexibility index (Phi) is 3.90. The van der Waals surface area contributed by atoms with Gasteiger partial charge in [0, 0.05) is 11.5 Å². The molecule has 0 aliphatic rings. The van der Waals surface area contributed by atoms with Crippen LogP contribution in [0.25, 0.3) is 10.9 Å². The second-order valence-electron chi connectivity index (χ2n) is 4.43. The molecule has 1 N–H and O–H groups in total. The molecule has 19 heavy (non-hydrogen) atoms. The maximum Gasteiger partial charge on any atom is 0.303 e. The van der Waals surface area contributed by atoms with Crippen molar-refractivity contribution in [3.05, 3.63) is 35.0 Å². The van der Waals surface area contributed by atoms with Crippen molar-refractivity contribution < 1.29 is 14.6 Å². The van der Waals surface area contributed by atoms with Crippen molar-refractivity contribution >= 4 is 28.5 Å². The molecule has 2 rings (SSSR count). The third kappa shape index (κ3) is 2.96. The molecule has 1 aromatic heterocycles. The number of benzene rings is 1. The van der Waals surface area contributed by atoms with E-state index in [1.54, 1.807) is 13.2 Å². The van der Waals surface area contributed by atoms with Crippen molar-refractivity contribution in [2.45, 2.75) is 19.3 Å². The van der Waals surface area contributed by atoms with Crippen LogP contribution in [-0.4, -0.2) is 23.2 Å². The zero-order chi connectivity index (χ0) is 14.0. The number of halogens is 1. The fourth-order valence-electron chi connectivity index (χ4n) is 1.98. The second-order valence-corrected chi connectivity index (χ2v) is 4.78. The zero-order valence-corrected chi connectivity index (χ0v) is 11.4. The monoisotopic (exact) mass is 279 g/mol. The molecular weight excluding hydrogens is 266 g/mol. The lowest BCUT2D eigenvalue weighted by atomic mass is 9.98. The van der Waals surface area contributed by atoms with Gasteiger partial charge in [0.25, 0.3) is 0 Å². The van der Waals surface area contributed by atoms with Crippen molar-refractivity contribution in [1.82, 2.24) is 4.98 Å². The normalized spacial score (nSPS) is 12.4. The number of carboxylic acids is 1. The molecule has 5 heteroatoms. The summed E-state index contributed by atoms with van der Waals surface area (Å²) in [7, 11) is 1.59. The van der Waals surface area contributed by atoms with Gasteiger partial charge in [-0.25, -0.2) is 4.98 Å². The summed E-state index contributed by atoms with van der Waals surface area (Å²) >= 11 is 6.13. The van der Waals surface area contributed by atoms with E-state index in [4.69, 9.17) is 21.4 Å². The first-order chi connectivity index (χ1) is 9.01. The first-order valence-electron chi connectivity index (χ1n) is 5.87. The molecule has 0 aliphatic carbocycles. The van der Waals surface area contributed by atoms with E-state index in [2.05, 4.69) is 4.98 Å². The molecule has 2 aromatic rings. The lowest BCUT2D eigenvalue weighted by molar-refractivity contribution is -0.137. The summed E-state index contributed by atoms with van der Waals surface area (Å²) in [6.45, 7) is 1.83. The largest absolute Gasteiger partial charge is 0.497 e. The Morgan fingerprint density at radius 2 is 2.21 bits per heavy atom. The molecule has 0 saturated carbocycles. The Morgan fingerprint density at radius 3 is 2.84 bits per heavy atom. The molecule has 0 amide bonds. The molecule has 0 fully saturated rings. The van der Waals surface area contributed by atoms with E-state index in [-0.39, 0.29) is 12.3 Å². The van der Waals surface area contributed by atoms with Crippen LogP contribution in [-0.2, 0) is 4.79 Å². The highest BCUT2D eigenvalue weighted by Crippen LogP contribution is 2.30. The fraction of sp³-hybridized carbons (Fsp3) is 0.286. The predicted molar refractivity (Wildman–Crippen MR) is 74.0 cm³/mol. The first kappa shape index (κ1) is 13.6. The van der Waals surface area contributed by atoms with Gasteiger partial charge in [0.1, 0.15) is 10.9 Å². The summed E-state index contributed by atoms with van der Waals surface area (Å²) in [5, 5.41) is 10.1. The van der Waals surface area contributed by atoms with Gasteiger partial charge in [-0.2, -0.15) is 0 Å². The van der Waals surface area contributed by atoms with Gasteiger partial charge in [0.2, 0.25) is 0 Å². The summed E-state index contributed by atoms with van der Waals surface area (Å²) in [6, 6.07) is 7.41. The van der Waals surface area contributed by atoms with Gasteiger partial charge in [0.05, 0.1) is 19.0 Å². The van der Waals surface area contributed by atoms with Crippen LogP contribution < -0.4 is 4.74 Å². The van der Waals surface area contributed by atoms with Crippen LogP contribution in [0.2, 0.25) is 5.15 Å². The van der Waals surface area contributed by atoms with Crippen molar-refractivity contribution in [2.24, 2.45) is 0 Å². The zero-order valence-electron chi connectivity index (χ0n) is 10.7. The van der Waals surface area contributed by atoms with E-state index in [0.29, 0.717) is 10.9 Å². The number of ether oxygens (including phenoxy) is 1. The lowest BCUT2D eigenvalue weighted by Gasteiger charge is -2.12. The van der Waals surface area contributed by atoms with Crippen LogP contribution in [0.15, 0.2) is 24.3 Å². The molecule has 0 aliphatic heterocycles. The predicted octanol–water partition coefficient (Wildman–Crippen LogP) is 3.48. The van der Waals surface area contributed by atoms with Gasteiger partial charge in [-0.1, -0.05) is 18.5 Å². The molecule has 0 bridgehead atoms. The quantitative estimate of drug-likeness (QED) is 0.871. The Labute approximate surface area is 116 Å². The topological polar surface area (TPSA) is 59.4 Å². The Balaban J connectivity index is 2.47. The van der Waals surface area contributed by atoms with Crippen molar-refractivity contribution in [1.29, 1.82) is 0 Å². The Morgan fingerprint density at radius 1 is 1.47 bits per heavy atom. The molecule has 0 saturated heterocycles. The number of nitrogens with zero attached hydrogens (tertiary/aromatic N) is 1. The number of carbonyl (C=O) groups is 1. The SMILES string of the molecule is COc1ccc2cc(C(C)CC(=O)O)c(Cl)nc2c1. The van der Waals surface area contributed by atoms with Crippen LogP contribution in [0.1, 0.15) is 24.8 Å². The molecule has 1 aromatic carbocycles. The van der Waals surface area contributed by atoms with E-state index < -0.39 is 5.97 Å². The van der Waals surface area contributed by atoms with Crippen molar-refractivity contribution in [3.8, 4) is 5.75 Å².